The second kappa shape index (κ2) is 5.43. The van der Waals surface area contributed by atoms with E-state index in [0.717, 1.165) is 0 Å². The Hall–Kier alpha value is -1.91. The zero-order valence-electron chi connectivity index (χ0n) is 10.0. The van der Waals surface area contributed by atoms with Crippen LogP contribution in [0, 0.1) is 6.92 Å². The highest BCUT2D eigenvalue weighted by Crippen LogP contribution is 2.42. The maximum Gasteiger partial charge on any atom is 0.311 e. The van der Waals surface area contributed by atoms with Gasteiger partial charge in [0, 0.05) is 5.56 Å². The van der Waals surface area contributed by atoms with Crippen molar-refractivity contribution in [2.45, 2.75) is 5.92 Å². The molecular formula is C12H15O5. The Bertz CT molecular complexity index is 414. The first-order chi connectivity index (χ1) is 8.06. The molecule has 0 heterocycles. The van der Waals surface area contributed by atoms with Crippen LogP contribution in [0.4, 0.5) is 0 Å². The fraction of sp³-hybridized carbons (Fsp3) is 0.333. The topological polar surface area (TPSA) is 65.0 Å². The van der Waals surface area contributed by atoms with E-state index < -0.39 is 11.9 Å². The standard InChI is InChI=1S/C12H15O5/c1-7(12(13)14)8-5-6-9(15-2)11(17-4)10(8)16-3/h5-7H,1H2,2-4H3,(H,13,14). The zero-order valence-corrected chi connectivity index (χ0v) is 10.0. The maximum absolute atomic E-state index is 10.9. The molecule has 93 valence electrons. The van der Waals surface area contributed by atoms with E-state index in [1.165, 1.54) is 21.3 Å². The molecule has 1 aromatic carbocycles. The van der Waals surface area contributed by atoms with Crippen molar-refractivity contribution >= 4 is 5.97 Å². The van der Waals surface area contributed by atoms with Gasteiger partial charge < -0.3 is 19.3 Å². The molecule has 0 amide bonds. The Kier molecular flexibility index (Phi) is 4.20. The van der Waals surface area contributed by atoms with Crippen LogP contribution in [0.1, 0.15) is 11.5 Å². The summed E-state index contributed by atoms with van der Waals surface area (Å²) in [5, 5.41) is 8.96. The highest BCUT2D eigenvalue weighted by atomic mass is 16.5. The van der Waals surface area contributed by atoms with Crippen LogP contribution in [-0.2, 0) is 4.79 Å². The minimum atomic E-state index is -1.03. The lowest BCUT2D eigenvalue weighted by Gasteiger charge is -2.17. The predicted octanol–water partition coefficient (Wildman–Crippen LogP) is 1.71. The van der Waals surface area contributed by atoms with Crippen LogP contribution >= 0.6 is 0 Å². The molecule has 0 fully saturated rings. The Morgan fingerprint density at radius 3 is 2.18 bits per heavy atom. The van der Waals surface area contributed by atoms with E-state index in [9.17, 15) is 4.79 Å². The summed E-state index contributed by atoms with van der Waals surface area (Å²) in [6.07, 6.45) is 0. The molecule has 0 aliphatic heterocycles. The minimum absolute atomic E-state index is 0.328. The largest absolute Gasteiger partial charge is 0.493 e. The van der Waals surface area contributed by atoms with Gasteiger partial charge in [-0.2, -0.15) is 0 Å². The van der Waals surface area contributed by atoms with Crippen LogP contribution in [0.3, 0.4) is 0 Å². The molecule has 5 heteroatoms. The van der Waals surface area contributed by atoms with Crippen molar-refractivity contribution in [3.8, 4) is 17.2 Å². The molecule has 1 radical (unpaired) electrons. The van der Waals surface area contributed by atoms with Crippen molar-refractivity contribution in [1.82, 2.24) is 0 Å². The van der Waals surface area contributed by atoms with Gasteiger partial charge in [-0.3, -0.25) is 4.79 Å². The Balaban J connectivity index is 3.37. The SMILES string of the molecule is [CH2]C(C(=O)O)c1ccc(OC)c(OC)c1OC. The molecule has 1 N–H and O–H groups in total. The van der Waals surface area contributed by atoms with Crippen molar-refractivity contribution in [1.29, 1.82) is 0 Å². The van der Waals surface area contributed by atoms with Gasteiger partial charge in [-0.05, 0) is 13.0 Å². The Labute approximate surface area is 99.9 Å². The number of ether oxygens (including phenoxy) is 3. The predicted molar refractivity (Wildman–Crippen MR) is 61.8 cm³/mol. The van der Waals surface area contributed by atoms with Gasteiger partial charge >= 0.3 is 5.97 Å². The number of hydrogen-bond acceptors (Lipinski definition) is 4. The molecule has 0 aromatic heterocycles. The van der Waals surface area contributed by atoms with E-state index in [1.807, 2.05) is 0 Å². The summed E-state index contributed by atoms with van der Waals surface area (Å²) < 4.78 is 15.4. The van der Waals surface area contributed by atoms with E-state index in [-0.39, 0.29) is 0 Å². The molecule has 0 saturated carbocycles. The average Bonchev–Trinajstić information content (AvgIpc) is 2.35. The average molecular weight is 239 g/mol. The van der Waals surface area contributed by atoms with Gasteiger partial charge in [0.05, 0.1) is 27.2 Å². The first-order valence-corrected chi connectivity index (χ1v) is 4.91. The Morgan fingerprint density at radius 1 is 1.18 bits per heavy atom. The van der Waals surface area contributed by atoms with E-state index in [2.05, 4.69) is 6.92 Å². The van der Waals surface area contributed by atoms with Crippen LogP contribution in [-0.4, -0.2) is 32.4 Å². The quantitative estimate of drug-likeness (QED) is 0.847. The normalized spacial score (nSPS) is 11.8. The van der Waals surface area contributed by atoms with Crippen LogP contribution in [0.5, 0.6) is 17.2 Å². The lowest BCUT2D eigenvalue weighted by Crippen LogP contribution is -2.10. The lowest BCUT2D eigenvalue weighted by atomic mass is 9.99. The third-order valence-corrected chi connectivity index (χ3v) is 2.41. The molecule has 1 rings (SSSR count). The molecule has 0 bridgehead atoms. The fourth-order valence-electron chi connectivity index (χ4n) is 1.53. The number of methoxy groups -OCH3 is 3. The summed E-state index contributed by atoms with van der Waals surface area (Å²) in [5.41, 5.74) is 0.442. The van der Waals surface area contributed by atoms with E-state index >= 15 is 0 Å². The fourth-order valence-corrected chi connectivity index (χ4v) is 1.53. The summed E-state index contributed by atoms with van der Waals surface area (Å²) >= 11 is 0. The van der Waals surface area contributed by atoms with Gasteiger partial charge in [0.15, 0.2) is 11.5 Å². The number of carboxylic acids is 1. The molecule has 1 atom stereocenters. The summed E-state index contributed by atoms with van der Waals surface area (Å²) in [5.74, 6) is -0.789. The number of aliphatic carboxylic acids is 1. The van der Waals surface area contributed by atoms with E-state index in [1.54, 1.807) is 12.1 Å². The summed E-state index contributed by atoms with van der Waals surface area (Å²) in [7, 11) is 4.40. The first kappa shape index (κ1) is 13.2. The second-order valence-electron chi connectivity index (χ2n) is 3.31. The van der Waals surface area contributed by atoms with E-state index in [4.69, 9.17) is 19.3 Å². The van der Waals surface area contributed by atoms with Crippen molar-refractivity contribution in [2.75, 3.05) is 21.3 Å². The highest BCUT2D eigenvalue weighted by Gasteiger charge is 2.23. The maximum atomic E-state index is 10.9. The van der Waals surface area contributed by atoms with Crippen LogP contribution in [0.15, 0.2) is 12.1 Å². The third-order valence-electron chi connectivity index (χ3n) is 2.41. The number of hydrogen-bond donors (Lipinski definition) is 1. The molecule has 1 unspecified atom stereocenters. The first-order valence-electron chi connectivity index (χ1n) is 4.91. The van der Waals surface area contributed by atoms with Crippen molar-refractivity contribution in [2.24, 2.45) is 0 Å². The molecular weight excluding hydrogens is 224 g/mol. The van der Waals surface area contributed by atoms with Gasteiger partial charge in [0.25, 0.3) is 0 Å². The number of carbonyl (C=O) groups is 1. The molecule has 0 aliphatic carbocycles. The Morgan fingerprint density at radius 2 is 1.76 bits per heavy atom. The van der Waals surface area contributed by atoms with Gasteiger partial charge in [0.2, 0.25) is 5.75 Å². The van der Waals surface area contributed by atoms with Crippen LogP contribution < -0.4 is 14.2 Å². The number of benzene rings is 1. The number of carboxylic acid groups (broad SMARTS) is 1. The molecule has 0 spiro atoms. The van der Waals surface area contributed by atoms with Gasteiger partial charge in [-0.25, -0.2) is 0 Å². The molecule has 5 nitrogen and oxygen atoms in total. The monoisotopic (exact) mass is 239 g/mol. The summed E-state index contributed by atoms with van der Waals surface area (Å²) in [6.45, 7) is 3.57. The smallest absolute Gasteiger partial charge is 0.311 e. The van der Waals surface area contributed by atoms with Gasteiger partial charge in [-0.15, -0.1) is 0 Å². The molecule has 0 saturated heterocycles. The van der Waals surface area contributed by atoms with Crippen molar-refractivity contribution < 1.29 is 24.1 Å². The lowest BCUT2D eigenvalue weighted by molar-refractivity contribution is -0.137. The van der Waals surface area contributed by atoms with Crippen molar-refractivity contribution in [3.05, 3.63) is 24.6 Å². The van der Waals surface area contributed by atoms with Gasteiger partial charge in [-0.1, -0.05) is 6.07 Å². The highest BCUT2D eigenvalue weighted by molar-refractivity contribution is 5.79. The third kappa shape index (κ3) is 2.43. The minimum Gasteiger partial charge on any atom is -0.493 e. The summed E-state index contributed by atoms with van der Waals surface area (Å²) in [4.78, 5) is 10.9. The zero-order chi connectivity index (χ0) is 13.0. The number of rotatable bonds is 5. The van der Waals surface area contributed by atoms with Crippen LogP contribution in [0.25, 0.3) is 0 Å². The van der Waals surface area contributed by atoms with Crippen LogP contribution in [0.2, 0.25) is 0 Å². The van der Waals surface area contributed by atoms with E-state index in [0.29, 0.717) is 22.8 Å². The summed E-state index contributed by atoms with van der Waals surface area (Å²) in [6, 6.07) is 3.23. The second-order valence-corrected chi connectivity index (χ2v) is 3.31. The van der Waals surface area contributed by atoms with Crippen molar-refractivity contribution in [3.63, 3.8) is 0 Å². The molecule has 1 aromatic rings. The molecule has 17 heavy (non-hydrogen) atoms. The van der Waals surface area contributed by atoms with Gasteiger partial charge in [0.1, 0.15) is 0 Å². The molecule has 0 aliphatic rings.